The van der Waals surface area contributed by atoms with Gasteiger partial charge in [0.25, 0.3) is 0 Å². The van der Waals surface area contributed by atoms with E-state index in [0.29, 0.717) is 5.56 Å². The zero-order chi connectivity index (χ0) is 56.9. The molecule has 0 spiro atoms. The molecule has 0 aromatic heterocycles. The number of rotatable bonds is 27. The minimum Gasteiger partial charge on any atom is -0.460 e. The van der Waals surface area contributed by atoms with Crippen LogP contribution in [-0.4, -0.2) is 127 Å². The summed E-state index contributed by atoms with van der Waals surface area (Å²) in [5.41, 5.74) is -2.29. The summed E-state index contributed by atoms with van der Waals surface area (Å²) in [5, 5.41) is 16.2. The summed E-state index contributed by atoms with van der Waals surface area (Å²) in [6.07, 6.45) is 2.61. The standard InChI is InChI=1S/C54H86N6O14/c1-19-22-36(50(70-17)71-18)57-46(66)37(29-32(2)3)59-49(69)44(51(5,6)7)60-48(68)38(30-34-24-21-20-23-33(34)4)58-45(65)35(25-27-41(62)72-52(8,9)10)56-47(67)39(31-43(64)74-54(14,15)16)55-40(61)26-28-42(63)73-53(11,12)13/h1,20-21,23-24,32,35-39,44,50H,22,25-31H2,2-18H3,(H,55,61)(H,56,67)(H,57,66)(H,58,65)(H,59,69)(H,60,68)/t35-,36-,37-,38-,39-,44+/m0/s1. The van der Waals surface area contributed by atoms with Gasteiger partial charge in [0.1, 0.15) is 47.0 Å². The fourth-order valence-electron chi connectivity index (χ4n) is 7.30. The highest BCUT2D eigenvalue weighted by molar-refractivity contribution is 5.98. The quantitative estimate of drug-likeness (QED) is 0.0313. The molecule has 6 amide bonds. The second kappa shape index (κ2) is 29.7. The van der Waals surface area contributed by atoms with E-state index >= 15 is 0 Å². The van der Waals surface area contributed by atoms with E-state index in [4.69, 9.17) is 30.1 Å². The van der Waals surface area contributed by atoms with Gasteiger partial charge in [0.05, 0.1) is 18.9 Å². The van der Waals surface area contributed by atoms with Gasteiger partial charge in [0.15, 0.2) is 6.29 Å². The molecule has 0 saturated heterocycles. The van der Waals surface area contributed by atoms with Crippen LogP contribution in [0.5, 0.6) is 0 Å². The maximum atomic E-state index is 14.7. The maximum absolute atomic E-state index is 14.7. The van der Waals surface area contributed by atoms with E-state index < -0.39 is 137 Å². The summed E-state index contributed by atoms with van der Waals surface area (Å²) >= 11 is 0. The highest BCUT2D eigenvalue weighted by atomic mass is 16.7. The molecule has 6 atom stereocenters. The molecule has 0 aliphatic heterocycles. The summed E-state index contributed by atoms with van der Waals surface area (Å²) in [7, 11) is 2.80. The van der Waals surface area contributed by atoms with Crippen molar-refractivity contribution in [3.8, 4) is 12.3 Å². The maximum Gasteiger partial charge on any atom is 0.308 e. The molecule has 0 aliphatic carbocycles. The first-order chi connectivity index (χ1) is 34.0. The number of terminal acetylenes is 1. The molecule has 20 nitrogen and oxygen atoms in total. The van der Waals surface area contributed by atoms with Crippen LogP contribution in [0.1, 0.15) is 153 Å². The van der Waals surface area contributed by atoms with Gasteiger partial charge in [-0.3, -0.25) is 43.2 Å². The number of carbonyl (C=O) groups is 9. The van der Waals surface area contributed by atoms with Crippen LogP contribution in [0.2, 0.25) is 0 Å². The van der Waals surface area contributed by atoms with Gasteiger partial charge < -0.3 is 55.6 Å². The van der Waals surface area contributed by atoms with E-state index in [1.165, 1.54) is 14.2 Å². The van der Waals surface area contributed by atoms with E-state index in [1.54, 1.807) is 101 Å². The van der Waals surface area contributed by atoms with Crippen LogP contribution in [0.3, 0.4) is 0 Å². The van der Waals surface area contributed by atoms with E-state index in [-0.39, 0.29) is 38.0 Å². The number of hydrogen-bond acceptors (Lipinski definition) is 14. The Morgan fingerprint density at radius 1 is 0.568 bits per heavy atom. The van der Waals surface area contributed by atoms with Crippen molar-refractivity contribution in [3.63, 3.8) is 0 Å². The number of esters is 3. The number of benzene rings is 1. The fraction of sp³-hybridized carbons (Fsp3) is 0.685. The van der Waals surface area contributed by atoms with Crippen molar-refractivity contribution in [2.24, 2.45) is 11.3 Å². The van der Waals surface area contributed by atoms with Crippen LogP contribution < -0.4 is 31.9 Å². The minimum atomic E-state index is -1.64. The molecule has 0 unspecified atom stereocenters. The van der Waals surface area contributed by atoms with Crippen molar-refractivity contribution >= 4 is 53.4 Å². The zero-order valence-electron chi connectivity index (χ0n) is 46.9. The van der Waals surface area contributed by atoms with Crippen LogP contribution in [0.15, 0.2) is 24.3 Å². The molecule has 0 bridgehead atoms. The second-order valence-electron chi connectivity index (χ2n) is 22.7. The van der Waals surface area contributed by atoms with Crippen molar-refractivity contribution in [2.75, 3.05) is 14.2 Å². The van der Waals surface area contributed by atoms with Crippen LogP contribution >= 0.6 is 0 Å². The van der Waals surface area contributed by atoms with Crippen molar-refractivity contribution < 1.29 is 66.8 Å². The lowest BCUT2D eigenvalue weighted by atomic mass is 9.85. The van der Waals surface area contributed by atoms with Gasteiger partial charge in [-0.15, -0.1) is 12.3 Å². The van der Waals surface area contributed by atoms with E-state index in [0.717, 1.165) is 5.56 Å². The van der Waals surface area contributed by atoms with Crippen molar-refractivity contribution in [1.29, 1.82) is 0 Å². The number of amides is 6. The zero-order valence-corrected chi connectivity index (χ0v) is 46.9. The summed E-state index contributed by atoms with van der Waals surface area (Å²) in [6, 6.07) is -0.704. The molecule has 0 saturated carbocycles. The largest absolute Gasteiger partial charge is 0.460 e. The normalized spacial score (nSPS) is 14.4. The monoisotopic (exact) mass is 1040 g/mol. The Kier molecular flexibility index (Phi) is 26.5. The lowest BCUT2D eigenvalue weighted by Crippen LogP contribution is -2.62. The molecule has 20 heteroatoms. The van der Waals surface area contributed by atoms with Gasteiger partial charge in [0, 0.05) is 39.9 Å². The highest BCUT2D eigenvalue weighted by Crippen LogP contribution is 2.22. The van der Waals surface area contributed by atoms with Gasteiger partial charge in [-0.05, 0) is 105 Å². The molecule has 0 radical (unpaired) electrons. The molecule has 0 fully saturated rings. The SMILES string of the molecule is C#CC[C@H](NC(=O)[C@H](CC(C)C)NC(=O)[C@@H](NC(=O)[C@H](Cc1ccccc1C)NC(=O)[C@H](CCC(=O)OC(C)(C)C)NC(=O)[C@H](CC(=O)OC(C)(C)C)NC(=O)CCC(=O)OC(C)(C)C)C(C)(C)C)C(OC)OC. The third-order valence-electron chi connectivity index (χ3n) is 10.6. The van der Waals surface area contributed by atoms with Crippen LogP contribution in [0.4, 0.5) is 0 Å². The number of aryl methyl sites for hydroxylation is 1. The number of ether oxygens (including phenoxy) is 5. The molecule has 0 aliphatic rings. The number of hydrogen-bond donors (Lipinski definition) is 6. The third kappa shape index (κ3) is 26.2. The highest BCUT2D eigenvalue weighted by Gasteiger charge is 2.39. The predicted octanol–water partition coefficient (Wildman–Crippen LogP) is 4.16. The molecule has 1 aromatic rings. The van der Waals surface area contributed by atoms with Crippen molar-refractivity contribution in [2.45, 2.75) is 215 Å². The Morgan fingerprint density at radius 3 is 1.54 bits per heavy atom. The predicted molar refractivity (Wildman–Crippen MR) is 277 cm³/mol. The molecule has 6 N–H and O–H groups in total. The lowest BCUT2D eigenvalue weighted by molar-refractivity contribution is -0.158. The van der Waals surface area contributed by atoms with Gasteiger partial charge in [-0.2, -0.15) is 0 Å². The van der Waals surface area contributed by atoms with E-state index in [2.05, 4.69) is 37.8 Å². The van der Waals surface area contributed by atoms with Crippen LogP contribution in [0, 0.1) is 30.6 Å². The second-order valence-corrected chi connectivity index (χ2v) is 22.7. The molecule has 74 heavy (non-hydrogen) atoms. The summed E-state index contributed by atoms with van der Waals surface area (Å²) in [5.74, 6) is -4.69. The first kappa shape index (κ1) is 65.9. The van der Waals surface area contributed by atoms with Gasteiger partial charge in [-0.25, -0.2) is 0 Å². The number of methoxy groups -OCH3 is 2. The minimum absolute atomic E-state index is 0.0568. The van der Waals surface area contributed by atoms with Gasteiger partial charge >= 0.3 is 17.9 Å². The molecule has 416 valence electrons. The molecule has 1 aromatic carbocycles. The van der Waals surface area contributed by atoms with Crippen molar-refractivity contribution in [1.82, 2.24) is 31.9 Å². The number of carbonyl (C=O) groups excluding carboxylic acids is 9. The first-order valence-electron chi connectivity index (χ1n) is 25.0. The van der Waals surface area contributed by atoms with E-state index in [9.17, 15) is 43.2 Å². The Hall–Kier alpha value is -6.07. The Bertz CT molecular complexity index is 2120. The molecular formula is C54H86N6O14. The van der Waals surface area contributed by atoms with Gasteiger partial charge in [0.2, 0.25) is 35.4 Å². The topological polar surface area (TPSA) is 272 Å². The lowest BCUT2D eigenvalue weighted by Gasteiger charge is -2.34. The molecule has 0 heterocycles. The Balaban J connectivity index is 3.79. The van der Waals surface area contributed by atoms with Gasteiger partial charge in [-0.1, -0.05) is 58.9 Å². The Morgan fingerprint density at radius 2 is 1.04 bits per heavy atom. The third-order valence-corrected chi connectivity index (χ3v) is 10.6. The summed E-state index contributed by atoms with van der Waals surface area (Å²) in [4.78, 5) is 124. The Labute approximate surface area is 438 Å². The fourth-order valence-corrected chi connectivity index (χ4v) is 7.30. The van der Waals surface area contributed by atoms with Crippen molar-refractivity contribution in [3.05, 3.63) is 35.4 Å². The number of nitrogens with one attached hydrogen (secondary N) is 6. The summed E-state index contributed by atoms with van der Waals surface area (Å²) in [6.45, 7) is 25.4. The average Bonchev–Trinajstić information content (AvgIpc) is 3.24. The molecule has 1 rings (SSSR count). The average molecular weight is 1040 g/mol. The van der Waals surface area contributed by atoms with Crippen LogP contribution in [-0.2, 0) is 73.3 Å². The smallest absolute Gasteiger partial charge is 0.308 e. The van der Waals surface area contributed by atoms with Crippen LogP contribution in [0.25, 0.3) is 0 Å². The molecular weight excluding hydrogens is 957 g/mol. The summed E-state index contributed by atoms with van der Waals surface area (Å²) < 4.78 is 26.9. The first-order valence-corrected chi connectivity index (χ1v) is 25.0. The van der Waals surface area contributed by atoms with E-state index in [1.807, 2.05) is 26.8 Å².